The number of ether oxygens (including phenoxy) is 1. The highest BCUT2D eigenvalue weighted by molar-refractivity contribution is 5.86. The van der Waals surface area contributed by atoms with Crippen molar-refractivity contribution in [2.24, 2.45) is 17.8 Å². The van der Waals surface area contributed by atoms with Gasteiger partial charge in [-0.3, -0.25) is 4.79 Å². The van der Waals surface area contributed by atoms with Crippen LogP contribution in [0.15, 0.2) is 30.3 Å². The van der Waals surface area contributed by atoms with Crippen molar-refractivity contribution in [2.45, 2.75) is 91.5 Å². The van der Waals surface area contributed by atoms with Gasteiger partial charge in [-0.25, -0.2) is 13.6 Å². The van der Waals surface area contributed by atoms with Crippen LogP contribution < -0.4 is 10.6 Å². The van der Waals surface area contributed by atoms with Crippen LogP contribution in [-0.2, 0) is 16.1 Å². The van der Waals surface area contributed by atoms with Gasteiger partial charge in [0.05, 0.1) is 6.04 Å². The Morgan fingerprint density at radius 3 is 2.09 bits per heavy atom. The van der Waals surface area contributed by atoms with E-state index in [1.807, 2.05) is 32.0 Å². The average Bonchev–Trinajstić information content (AvgIpc) is 2.73. The molecule has 0 unspecified atom stereocenters. The van der Waals surface area contributed by atoms with Crippen molar-refractivity contribution >= 4 is 12.0 Å². The summed E-state index contributed by atoms with van der Waals surface area (Å²) in [6.45, 7) is 10.8. The SMILES string of the molecule is CC(C)CC[C@@H](O)C(F)(F)[C@H](CC(C)C)NC(=O)[C@@H](NC(=O)OCc1ccccc1)C(C)C. The zero-order valence-electron chi connectivity index (χ0n) is 20.6. The van der Waals surface area contributed by atoms with Gasteiger partial charge in [-0.05, 0) is 42.6 Å². The molecule has 3 atom stereocenters. The maximum absolute atomic E-state index is 15.1. The van der Waals surface area contributed by atoms with Gasteiger partial charge in [0.2, 0.25) is 5.91 Å². The molecule has 8 heteroatoms. The van der Waals surface area contributed by atoms with Gasteiger partial charge >= 0.3 is 6.09 Å². The minimum atomic E-state index is -3.51. The van der Waals surface area contributed by atoms with Gasteiger partial charge in [0.25, 0.3) is 5.92 Å². The van der Waals surface area contributed by atoms with Crippen molar-refractivity contribution in [1.29, 1.82) is 0 Å². The molecule has 0 aliphatic heterocycles. The molecule has 0 saturated heterocycles. The third-order valence-electron chi connectivity index (χ3n) is 5.39. The summed E-state index contributed by atoms with van der Waals surface area (Å²) in [5, 5.41) is 15.1. The molecule has 1 rings (SSSR count). The Morgan fingerprint density at radius 2 is 1.58 bits per heavy atom. The standard InChI is InChI=1S/C25H40F2N2O4/c1-16(2)12-13-21(30)25(26,27)20(14-17(3)4)28-23(31)22(18(5)6)29-24(32)33-15-19-10-8-7-9-11-19/h7-11,16-18,20-22,30H,12-15H2,1-6H3,(H,28,31)(H,29,32)/t20-,21+,22-/m0/s1. The summed E-state index contributed by atoms with van der Waals surface area (Å²) in [5.74, 6) is -4.58. The Hall–Kier alpha value is -2.22. The third kappa shape index (κ3) is 10.1. The molecule has 0 saturated carbocycles. The average molecular weight is 471 g/mol. The lowest BCUT2D eigenvalue weighted by atomic mass is 9.91. The fourth-order valence-electron chi connectivity index (χ4n) is 3.39. The molecular weight excluding hydrogens is 430 g/mol. The number of alkyl carbamates (subject to hydrolysis) is 1. The van der Waals surface area contributed by atoms with E-state index in [1.165, 1.54) is 0 Å². The van der Waals surface area contributed by atoms with E-state index < -0.39 is 36.1 Å². The summed E-state index contributed by atoms with van der Waals surface area (Å²) in [6, 6.07) is 6.43. The minimum absolute atomic E-state index is 0.0131. The van der Waals surface area contributed by atoms with Crippen LogP contribution in [0, 0.1) is 17.8 Å². The Balaban J connectivity index is 2.86. The normalized spacial score (nSPS) is 14.8. The second-order valence-corrected chi connectivity index (χ2v) is 9.78. The number of carbonyl (C=O) groups excluding carboxylic acids is 2. The lowest BCUT2D eigenvalue weighted by molar-refractivity contribution is -0.149. The minimum Gasteiger partial charge on any atom is -0.445 e. The van der Waals surface area contributed by atoms with Crippen LogP contribution in [-0.4, -0.2) is 41.2 Å². The monoisotopic (exact) mass is 470 g/mol. The maximum atomic E-state index is 15.1. The lowest BCUT2D eigenvalue weighted by Gasteiger charge is -2.34. The predicted molar refractivity (Wildman–Crippen MR) is 125 cm³/mol. The Labute approximate surface area is 196 Å². The van der Waals surface area contributed by atoms with Gasteiger partial charge in [0, 0.05) is 0 Å². The molecule has 0 aromatic heterocycles. The van der Waals surface area contributed by atoms with E-state index in [9.17, 15) is 14.7 Å². The first-order valence-corrected chi connectivity index (χ1v) is 11.7. The van der Waals surface area contributed by atoms with Gasteiger partial charge in [-0.2, -0.15) is 0 Å². The number of hydrogen-bond acceptors (Lipinski definition) is 4. The first-order chi connectivity index (χ1) is 15.3. The van der Waals surface area contributed by atoms with Gasteiger partial charge in [-0.15, -0.1) is 0 Å². The van der Waals surface area contributed by atoms with Gasteiger partial charge in [0.15, 0.2) is 0 Å². The number of alkyl halides is 2. The molecule has 1 aromatic rings. The molecule has 6 nitrogen and oxygen atoms in total. The Morgan fingerprint density at radius 1 is 0.970 bits per heavy atom. The highest BCUT2D eigenvalue weighted by Crippen LogP contribution is 2.31. The number of benzene rings is 1. The summed E-state index contributed by atoms with van der Waals surface area (Å²) in [4.78, 5) is 25.2. The molecule has 0 heterocycles. The number of nitrogens with one attached hydrogen (secondary N) is 2. The Bertz CT molecular complexity index is 726. The van der Waals surface area contributed by atoms with E-state index in [1.54, 1.807) is 39.8 Å². The molecule has 1 aromatic carbocycles. The number of hydrogen-bond donors (Lipinski definition) is 3. The van der Waals surface area contributed by atoms with Crippen LogP contribution in [0.25, 0.3) is 0 Å². The van der Waals surface area contributed by atoms with E-state index >= 15 is 8.78 Å². The summed E-state index contributed by atoms with van der Waals surface area (Å²) in [5.41, 5.74) is 0.783. The first kappa shape index (κ1) is 28.8. The molecule has 0 aliphatic carbocycles. The molecule has 33 heavy (non-hydrogen) atoms. The highest BCUT2D eigenvalue weighted by Gasteiger charge is 2.47. The van der Waals surface area contributed by atoms with Crippen LogP contribution in [0.5, 0.6) is 0 Å². The van der Waals surface area contributed by atoms with Crippen LogP contribution in [0.1, 0.15) is 66.4 Å². The number of aliphatic hydroxyl groups excluding tert-OH is 1. The molecule has 0 bridgehead atoms. The van der Waals surface area contributed by atoms with E-state index in [4.69, 9.17) is 4.74 Å². The second-order valence-electron chi connectivity index (χ2n) is 9.78. The molecule has 0 radical (unpaired) electrons. The van der Waals surface area contributed by atoms with Crippen LogP contribution >= 0.6 is 0 Å². The first-order valence-electron chi connectivity index (χ1n) is 11.7. The topological polar surface area (TPSA) is 87.7 Å². The van der Waals surface area contributed by atoms with Crippen LogP contribution in [0.4, 0.5) is 13.6 Å². The maximum Gasteiger partial charge on any atom is 0.408 e. The van der Waals surface area contributed by atoms with E-state index in [2.05, 4.69) is 10.6 Å². The predicted octanol–water partition coefficient (Wildman–Crippen LogP) is 4.90. The fourth-order valence-corrected chi connectivity index (χ4v) is 3.39. The molecule has 0 spiro atoms. The largest absolute Gasteiger partial charge is 0.445 e. The molecule has 3 N–H and O–H groups in total. The zero-order chi connectivity index (χ0) is 25.2. The van der Waals surface area contributed by atoms with Crippen molar-refractivity contribution in [3.05, 3.63) is 35.9 Å². The zero-order valence-corrected chi connectivity index (χ0v) is 20.6. The smallest absolute Gasteiger partial charge is 0.408 e. The third-order valence-corrected chi connectivity index (χ3v) is 5.39. The van der Waals surface area contributed by atoms with Crippen LogP contribution in [0.3, 0.4) is 0 Å². The fraction of sp³-hybridized carbons (Fsp3) is 0.680. The van der Waals surface area contributed by atoms with Gasteiger partial charge in [0.1, 0.15) is 18.8 Å². The molecule has 188 valence electrons. The van der Waals surface area contributed by atoms with Crippen molar-refractivity contribution in [1.82, 2.24) is 10.6 Å². The van der Waals surface area contributed by atoms with Gasteiger partial charge in [-0.1, -0.05) is 71.9 Å². The molecule has 2 amide bonds. The highest BCUT2D eigenvalue weighted by atomic mass is 19.3. The van der Waals surface area contributed by atoms with E-state index in [-0.39, 0.29) is 37.2 Å². The lowest BCUT2D eigenvalue weighted by Crippen LogP contribution is -2.59. The van der Waals surface area contributed by atoms with E-state index in [0.717, 1.165) is 5.56 Å². The quantitative estimate of drug-likeness (QED) is 0.383. The summed E-state index contributed by atoms with van der Waals surface area (Å²) < 4.78 is 35.4. The van der Waals surface area contributed by atoms with E-state index in [0.29, 0.717) is 6.42 Å². The van der Waals surface area contributed by atoms with Crippen LogP contribution in [0.2, 0.25) is 0 Å². The molecule has 0 aliphatic rings. The summed E-state index contributed by atoms with van der Waals surface area (Å²) >= 11 is 0. The number of rotatable bonds is 13. The summed E-state index contributed by atoms with van der Waals surface area (Å²) in [6.07, 6.45) is -2.31. The number of amides is 2. The van der Waals surface area contributed by atoms with Crippen molar-refractivity contribution < 1.29 is 28.2 Å². The van der Waals surface area contributed by atoms with Gasteiger partial charge < -0.3 is 20.5 Å². The second kappa shape index (κ2) is 13.5. The number of halogens is 2. The van der Waals surface area contributed by atoms with Crippen molar-refractivity contribution in [3.63, 3.8) is 0 Å². The Kier molecular flexibility index (Phi) is 11.8. The van der Waals surface area contributed by atoms with Crippen molar-refractivity contribution in [3.8, 4) is 0 Å². The number of aliphatic hydroxyl groups is 1. The number of carbonyl (C=O) groups is 2. The summed E-state index contributed by atoms with van der Waals surface area (Å²) in [7, 11) is 0. The van der Waals surface area contributed by atoms with Crippen molar-refractivity contribution in [2.75, 3.05) is 0 Å². The molecule has 0 fully saturated rings. The molecular formula is C25H40F2N2O4.